The van der Waals surface area contributed by atoms with Gasteiger partial charge in [0.25, 0.3) is 0 Å². The van der Waals surface area contributed by atoms with E-state index in [1.807, 2.05) is 6.92 Å². The number of thiazole rings is 1. The molecule has 1 aromatic heterocycles. The van der Waals surface area contributed by atoms with Crippen LogP contribution < -0.4 is 5.32 Å². The van der Waals surface area contributed by atoms with E-state index in [0.29, 0.717) is 5.13 Å². The van der Waals surface area contributed by atoms with Crippen molar-refractivity contribution in [1.82, 2.24) is 4.98 Å². The molecule has 1 aliphatic carbocycles. The Morgan fingerprint density at radius 2 is 2.22 bits per heavy atom. The van der Waals surface area contributed by atoms with Crippen LogP contribution in [0.2, 0.25) is 0 Å². The van der Waals surface area contributed by atoms with Gasteiger partial charge in [-0.2, -0.15) is 0 Å². The third kappa shape index (κ3) is 3.07. The smallest absolute Gasteiger partial charge is 0.356 e. The minimum Gasteiger partial charge on any atom is -0.476 e. The highest BCUT2D eigenvalue weighted by Gasteiger charge is 2.25. The van der Waals surface area contributed by atoms with Gasteiger partial charge in [-0.1, -0.05) is 24.2 Å². The Labute approximate surface area is 109 Å². The van der Waals surface area contributed by atoms with Gasteiger partial charge in [0.2, 0.25) is 0 Å². The summed E-state index contributed by atoms with van der Waals surface area (Å²) in [6, 6.07) is 0.255. The number of aromatic nitrogens is 1. The molecule has 1 heterocycles. The zero-order valence-electron chi connectivity index (χ0n) is 10.4. The van der Waals surface area contributed by atoms with Crippen molar-refractivity contribution >= 4 is 28.2 Å². The van der Waals surface area contributed by atoms with Gasteiger partial charge in [-0.3, -0.25) is 4.79 Å². The lowest BCUT2D eigenvalue weighted by molar-refractivity contribution is 0.0687. The molecule has 5 nitrogen and oxygen atoms in total. The minimum atomic E-state index is -1.15. The van der Waals surface area contributed by atoms with Crippen LogP contribution in [0.3, 0.4) is 0 Å². The monoisotopic (exact) mass is 268 g/mol. The average Bonchev–Trinajstić information content (AvgIpc) is 2.94. The zero-order chi connectivity index (χ0) is 13.3. The molecule has 0 bridgehead atoms. The van der Waals surface area contributed by atoms with Gasteiger partial charge in [-0.15, -0.1) is 0 Å². The van der Waals surface area contributed by atoms with E-state index in [-0.39, 0.29) is 22.4 Å². The maximum absolute atomic E-state index is 11.3. The molecule has 0 aromatic carbocycles. The van der Waals surface area contributed by atoms with Crippen molar-refractivity contribution in [2.75, 3.05) is 5.32 Å². The Morgan fingerprint density at radius 1 is 1.56 bits per heavy atom. The van der Waals surface area contributed by atoms with Crippen molar-refractivity contribution in [3.8, 4) is 0 Å². The van der Waals surface area contributed by atoms with Crippen LogP contribution in [0.15, 0.2) is 0 Å². The molecule has 1 atom stereocenters. The summed E-state index contributed by atoms with van der Waals surface area (Å²) in [6.07, 6.45) is 3.63. The normalized spacial score (nSPS) is 16.3. The summed E-state index contributed by atoms with van der Waals surface area (Å²) in [5.74, 6) is -0.620. The molecule has 0 radical (unpaired) electrons. The molecule has 1 fully saturated rings. The Bertz CT molecular complexity index is 448. The summed E-state index contributed by atoms with van der Waals surface area (Å²) in [4.78, 5) is 26.5. The number of Topliss-reactive ketones (excluding diaryl/α,β-unsaturated/α-hetero) is 1. The lowest BCUT2D eigenvalue weighted by atomic mass is 10.2. The lowest BCUT2D eigenvalue weighted by Gasteiger charge is -2.11. The topological polar surface area (TPSA) is 79.3 Å². The predicted octanol–water partition coefficient (Wildman–Crippen LogP) is 2.64. The summed E-state index contributed by atoms with van der Waals surface area (Å²) in [5.41, 5.74) is -0.145. The van der Waals surface area contributed by atoms with E-state index in [1.54, 1.807) is 0 Å². The second kappa shape index (κ2) is 5.06. The number of rotatable bonds is 6. The molecule has 2 rings (SSSR count). The van der Waals surface area contributed by atoms with Crippen LogP contribution in [0.25, 0.3) is 0 Å². The molecule has 1 aliphatic rings. The lowest BCUT2D eigenvalue weighted by Crippen LogP contribution is -2.15. The summed E-state index contributed by atoms with van der Waals surface area (Å²) in [7, 11) is 0. The summed E-state index contributed by atoms with van der Waals surface area (Å²) < 4.78 is 0. The van der Waals surface area contributed by atoms with E-state index in [4.69, 9.17) is 5.11 Å². The van der Waals surface area contributed by atoms with E-state index in [9.17, 15) is 9.59 Å². The van der Waals surface area contributed by atoms with Gasteiger partial charge in [-0.05, 0) is 19.3 Å². The van der Waals surface area contributed by atoms with Crippen LogP contribution in [-0.4, -0.2) is 27.9 Å². The van der Waals surface area contributed by atoms with Crippen LogP contribution in [0.5, 0.6) is 0 Å². The van der Waals surface area contributed by atoms with E-state index < -0.39 is 5.97 Å². The fraction of sp³-hybridized carbons (Fsp3) is 0.583. The van der Waals surface area contributed by atoms with Crippen LogP contribution in [0.4, 0.5) is 5.13 Å². The molecule has 1 unspecified atom stereocenters. The number of nitrogens with zero attached hydrogens (tertiary/aromatic N) is 1. The van der Waals surface area contributed by atoms with E-state index in [1.165, 1.54) is 19.8 Å². The van der Waals surface area contributed by atoms with Gasteiger partial charge in [-0.25, -0.2) is 9.78 Å². The maximum atomic E-state index is 11.3. The fourth-order valence-electron chi connectivity index (χ4n) is 1.89. The molecule has 98 valence electrons. The molecule has 6 heteroatoms. The molecular formula is C12H16N2O3S. The molecule has 0 saturated heterocycles. The zero-order valence-corrected chi connectivity index (χ0v) is 11.2. The van der Waals surface area contributed by atoms with E-state index >= 15 is 0 Å². The van der Waals surface area contributed by atoms with Crippen LogP contribution in [0, 0.1) is 5.92 Å². The van der Waals surface area contributed by atoms with Gasteiger partial charge in [0, 0.05) is 13.0 Å². The first-order valence-electron chi connectivity index (χ1n) is 5.99. The van der Waals surface area contributed by atoms with Gasteiger partial charge in [0.15, 0.2) is 16.6 Å². The third-order valence-corrected chi connectivity index (χ3v) is 3.99. The number of hydrogen-bond donors (Lipinski definition) is 2. The highest BCUT2D eigenvalue weighted by Crippen LogP contribution is 2.34. The van der Waals surface area contributed by atoms with Crippen molar-refractivity contribution in [3.05, 3.63) is 10.6 Å². The molecule has 0 aliphatic heterocycles. The number of nitrogens with one attached hydrogen (secondary N) is 1. The Hall–Kier alpha value is -1.43. The number of carbonyl (C=O) groups excluding carboxylic acids is 1. The van der Waals surface area contributed by atoms with Gasteiger partial charge >= 0.3 is 5.97 Å². The number of carboxylic acid groups (broad SMARTS) is 1. The summed E-state index contributed by atoms with van der Waals surface area (Å²) >= 11 is 1.12. The molecule has 1 aromatic rings. The standard InChI is InChI=1S/C12H16N2O3S/c1-6(5-8-3-4-8)13-12-14-9(11(16)17)10(18-12)7(2)15/h6,8H,3-5H2,1-2H3,(H,13,14)(H,16,17). The van der Waals surface area contributed by atoms with Crippen molar-refractivity contribution in [1.29, 1.82) is 0 Å². The second-order valence-electron chi connectivity index (χ2n) is 4.78. The van der Waals surface area contributed by atoms with Crippen LogP contribution in [-0.2, 0) is 0 Å². The third-order valence-electron chi connectivity index (χ3n) is 2.90. The highest BCUT2D eigenvalue weighted by atomic mass is 32.1. The Balaban J connectivity index is 2.10. The number of carbonyl (C=O) groups is 2. The molecule has 18 heavy (non-hydrogen) atoms. The predicted molar refractivity (Wildman–Crippen MR) is 69.5 cm³/mol. The van der Waals surface area contributed by atoms with Crippen LogP contribution in [0.1, 0.15) is 53.3 Å². The minimum absolute atomic E-state index is 0.145. The molecule has 0 amide bonds. The number of anilines is 1. The average molecular weight is 268 g/mol. The first-order valence-corrected chi connectivity index (χ1v) is 6.80. The number of hydrogen-bond acceptors (Lipinski definition) is 5. The van der Waals surface area contributed by atoms with Gasteiger partial charge < -0.3 is 10.4 Å². The highest BCUT2D eigenvalue weighted by molar-refractivity contribution is 7.17. The molecule has 0 spiro atoms. The quantitative estimate of drug-likeness (QED) is 0.775. The first kappa shape index (κ1) is 13.0. The molecular weight excluding hydrogens is 252 g/mol. The van der Waals surface area contributed by atoms with E-state index in [2.05, 4.69) is 10.3 Å². The summed E-state index contributed by atoms with van der Waals surface area (Å²) in [5, 5.41) is 12.7. The van der Waals surface area contributed by atoms with Crippen molar-refractivity contribution in [3.63, 3.8) is 0 Å². The number of carboxylic acids is 1. The van der Waals surface area contributed by atoms with E-state index in [0.717, 1.165) is 23.7 Å². The number of ketones is 1. The summed E-state index contributed by atoms with van der Waals surface area (Å²) in [6.45, 7) is 3.41. The fourth-order valence-corrected chi connectivity index (χ4v) is 2.85. The van der Waals surface area contributed by atoms with Crippen molar-refractivity contribution in [2.24, 2.45) is 5.92 Å². The second-order valence-corrected chi connectivity index (χ2v) is 5.78. The SMILES string of the molecule is CC(=O)c1sc(NC(C)CC2CC2)nc1C(=O)O. The molecule has 1 saturated carbocycles. The number of aromatic carboxylic acids is 1. The maximum Gasteiger partial charge on any atom is 0.356 e. The van der Waals surface area contributed by atoms with Gasteiger partial charge in [0.1, 0.15) is 4.88 Å². The largest absolute Gasteiger partial charge is 0.476 e. The van der Waals surface area contributed by atoms with Crippen molar-refractivity contribution in [2.45, 2.75) is 39.2 Å². The molecule has 2 N–H and O–H groups in total. The van der Waals surface area contributed by atoms with Crippen molar-refractivity contribution < 1.29 is 14.7 Å². The van der Waals surface area contributed by atoms with Crippen LogP contribution >= 0.6 is 11.3 Å². The van der Waals surface area contributed by atoms with Gasteiger partial charge in [0.05, 0.1) is 0 Å². The first-order chi connectivity index (χ1) is 8.47. The Kier molecular flexibility index (Phi) is 3.65. The Morgan fingerprint density at radius 3 is 2.67 bits per heavy atom.